The van der Waals surface area contributed by atoms with Crippen molar-refractivity contribution in [3.63, 3.8) is 0 Å². The monoisotopic (exact) mass is 161 g/mol. The first-order valence-corrected chi connectivity index (χ1v) is 4.07. The number of aryl methyl sites for hydroxylation is 2. The lowest BCUT2D eigenvalue weighted by Gasteiger charge is -1.99. The quantitative estimate of drug-likeness (QED) is 0.635. The Morgan fingerprint density at radius 1 is 1.33 bits per heavy atom. The van der Waals surface area contributed by atoms with E-state index in [9.17, 15) is 0 Å². The zero-order chi connectivity index (χ0) is 8.55. The van der Waals surface area contributed by atoms with Crippen LogP contribution < -0.4 is 0 Å². The molecule has 0 N–H and O–H groups in total. The van der Waals surface area contributed by atoms with E-state index in [2.05, 4.69) is 17.0 Å². The molecule has 0 aliphatic rings. The van der Waals surface area contributed by atoms with E-state index in [0.717, 1.165) is 11.8 Å². The molecule has 2 aromatic heterocycles. The van der Waals surface area contributed by atoms with E-state index >= 15 is 0 Å². The van der Waals surface area contributed by atoms with E-state index < -0.39 is 0 Å². The van der Waals surface area contributed by atoms with Gasteiger partial charge in [0.05, 0.1) is 11.7 Å². The Bertz CT molecular complexity index is 403. The fraction of sp³-hybridized carbons (Fsp3) is 0.333. The number of nitrogens with zero attached hydrogens (tertiary/aromatic N) is 3. The van der Waals surface area contributed by atoms with Gasteiger partial charge in [0.25, 0.3) is 0 Å². The zero-order valence-electron chi connectivity index (χ0n) is 7.28. The molecule has 0 fully saturated rings. The van der Waals surface area contributed by atoms with Gasteiger partial charge in [-0.05, 0) is 12.0 Å². The summed E-state index contributed by atoms with van der Waals surface area (Å²) in [5.74, 6) is 0. The van der Waals surface area contributed by atoms with Crippen LogP contribution in [0.5, 0.6) is 0 Å². The summed E-state index contributed by atoms with van der Waals surface area (Å²) in [6.07, 6.45) is 6.61. The standard InChI is InChI=1S/C9H11N3/c1-3-7-4-10-5-8-6-11-12(2)9(7)8/h4-6H,3H2,1-2H3. The highest BCUT2D eigenvalue weighted by atomic mass is 15.2. The second-order valence-electron chi connectivity index (χ2n) is 2.86. The molecule has 0 saturated heterocycles. The van der Waals surface area contributed by atoms with Crippen LogP contribution in [-0.2, 0) is 13.5 Å². The van der Waals surface area contributed by atoms with Crippen LogP contribution in [0, 0.1) is 0 Å². The molecule has 0 atom stereocenters. The van der Waals surface area contributed by atoms with E-state index in [1.165, 1.54) is 11.1 Å². The van der Waals surface area contributed by atoms with Gasteiger partial charge in [-0.3, -0.25) is 9.67 Å². The van der Waals surface area contributed by atoms with Crippen LogP contribution in [0.25, 0.3) is 10.9 Å². The fourth-order valence-electron chi connectivity index (χ4n) is 1.47. The largest absolute Gasteiger partial charge is 0.268 e. The molecule has 12 heavy (non-hydrogen) atoms. The SMILES string of the molecule is CCc1cncc2cnn(C)c12. The maximum absolute atomic E-state index is 4.18. The second-order valence-corrected chi connectivity index (χ2v) is 2.86. The van der Waals surface area contributed by atoms with Gasteiger partial charge in [-0.15, -0.1) is 0 Å². The first-order chi connectivity index (χ1) is 5.83. The Hall–Kier alpha value is -1.38. The van der Waals surface area contributed by atoms with E-state index in [4.69, 9.17) is 0 Å². The Morgan fingerprint density at radius 3 is 2.92 bits per heavy atom. The summed E-state index contributed by atoms with van der Waals surface area (Å²) in [4.78, 5) is 4.14. The van der Waals surface area contributed by atoms with Crippen molar-refractivity contribution in [3.05, 3.63) is 24.2 Å². The lowest BCUT2D eigenvalue weighted by atomic mass is 10.2. The van der Waals surface area contributed by atoms with Crippen molar-refractivity contribution in [2.75, 3.05) is 0 Å². The highest BCUT2D eigenvalue weighted by Gasteiger charge is 2.03. The number of hydrogen-bond acceptors (Lipinski definition) is 2. The summed E-state index contributed by atoms with van der Waals surface area (Å²) in [6, 6.07) is 0. The topological polar surface area (TPSA) is 30.7 Å². The zero-order valence-corrected chi connectivity index (χ0v) is 7.28. The van der Waals surface area contributed by atoms with Crippen molar-refractivity contribution in [2.45, 2.75) is 13.3 Å². The van der Waals surface area contributed by atoms with Crippen molar-refractivity contribution in [2.24, 2.45) is 7.05 Å². The van der Waals surface area contributed by atoms with Gasteiger partial charge in [0.2, 0.25) is 0 Å². The maximum Gasteiger partial charge on any atom is 0.0741 e. The maximum atomic E-state index is 4.18. The Kier molecular flexibility index (Phi) is 1.57. The fourth-order valence-corrected chi connectivity index (χ4v) is 1.47. The van der Waals surface area contributed by atoms with Crippen molar-refractivity contribution >= 4 is 10.9 Å². The summed E-state index contributed by atoms with van der Waals surface area (Å²) in [5, 5.41) is 5.30. The van der Waals surface area contributed by atoms with Crippen molar-refractivity contribution in [1.29, 1.82) is 0 Å². The van der Waals surface area contributed by atoms with Gasteiger partial charge >= 0.3 is 0 Å². The molecule has 0 saturated carbocycles. The van der Waals surface area contributed by atoms with Crippen LogP contribution in [-0.4, -0.2) is 14.8 Å². The highest BCUT2D eigenvalue weighted by molar-refractivity contribution is 5.80. The second kappa shape index (κ2) is 2.59. The molecule has 3 nitrogen and oxygen atoms in total. The van der Waals surface area contributed by atoms with Gasteiger partial charge < -0.3 is 0 Å². The first kappa shape index (κ1) is 7.28. The lowest BCUT2D eigenvalue weighted by molar-refractivity contribution is 0.791. The van der Waals surface area contributed by atoms with Crippen LogP contribution in [0.15, 0.2) is 18.6 Å². The molecule has 2 rings (SSSR count). The molecule has 2 heterocycles. The molecule has 0 unspecified atom stereocenters. The third kappa shape index (κ3) is 0.897. The van der Waals surface area contributed by atoms with Crippen molar-refractivity contribution in [1.82, 2.24) is 14.8 Å². The summed E-state index contributed by atoms with van der Waals surface area (Å²) < 4.78 is 1.90. The van der Waals surface area contributed by atoms with Gasteiger partial charge in [-0.1, -0.05) is 6.92 Å². The Morgan fingerprint density at radius 2 is 2.17 bits per heavy atom. The molecule has 62 valence electrons. The molecule has 0 aliphatic heterocycles. The first-order valence-electron chi connectivity index (χ1n) is 4.07. The van der Waals surface area contributed by atoms with Gasteiger partial charge in [0.15, 0.2) is 0 Å². The van der Waals surface area contributed by atoms with E-state index in [0.29, 0.717) is 0 Å². The number of fused-ring (bicyclic) bond motifs is 1. The van der Waals surface area contributed by atoms with Crippen LogP contribution >= 0.6 is 0 Å². The molecule has 0 radical (unpaired) electrons. The minimum absolute atomic E-state index is 1.00. The summed E-state index contributed by atoms with van der Waals surface area (Å²) in [6.45, 7) is 2.13. The summed E-state index contributed by atoms with van der Waals surface area (Å²) in [5.41, 5.74) is 2.46. The van der Waals surface area contributed by atoms with Crippen molar-refractivity contribution < 1.29 is 0 Å². The average Bonchev–Trinajstić information content (AvgIpc) is 2.48. The van der Waals surface area contributed by atoms with Crippen molar-refractivity contribution in [3.8, 4) is 0 Å². The Balaban J connectivity index is 2.84. The predicted octanol–water partition coefficient (Wildman–Crippen LogP) is 1.53. The normalized spacial score (nSPS) is 10.8. The third-order valence-electron chi connectivity index (χ3n) is 2.10. The van der Waals surface area contributed by atoms with Crippen LogP contribution in [0.1, 0.15) is 12.5 Å². The van der Waals surface area contributed by atoms with Gasteiger partial charge in [-0.2, -0.15) is 5.10 Å². The number of rotatable bonds is 1. The molecule has 0 aliphatic carbocycles. The van der Waals surface area contributed by atoms with Gasteiger partial charge in [-0.25, -0.2) is 0 Å². The summed E-state index contributed by atoms with van der Waals surface area (Å²) in [7, 11) is 1.96. The van der Waals surface area contributed by atoms with Gasteiger partial charge in [0, 0.05) is 24.8 Å². The van der Waals surface area contributed by atoms with E-state index in [1.807, 2.05) is 30.3 Å². The van der Waals surface area contributed by atoms with E-state index in [-0.39, 0.29) is 0 Å². The van der Waals surface area contributed by atoms with Crippen LogP contribution in [0.4, 0.5) is 0 Å². The minimum atomic E-state index is 1.00. The third-order valence-corrected chi connectivity index (χ3v) is 2.10. The molecular formula is C9H11N3. The van der Waals surface area contributed by atoms with Crippen LogP contribution in [0.2, 0.25) is 0 Å². The molecule has 0 amide bonds. The average molecular weight is 161 g/mol. The number of pyridine rings is 1. The minimum Gasteiger partial charge on any atom is -0.268 e. The lowest BCUT2D eigenvalue weighted by Crippen LogP contribution is -1.93. The van der Waals surface area contributed by atoms with Crippen LogP contribution in [0.3, 0.4) is 0 Å². The predicted molar refractivity (Wildman–Crippen MR) is 47.9 cm³/mol. The summed E-state index contributed by atoms with van der Waals surface area (Å²) >= 11 is 0. The van der Waals surface area contributed by atoms with Gasteiger partial charge in [0.1, 0.15) is 0 Å². The molecule has 3 heteroatoms. The molecule has 2 aromatic rings. The smallest absolute Gasteiger partial charge is 0.0741 e. The number of aromatic nitrogens is 3. The molecule has 0 bridgehead atoms. The molecular weight excluding hydrogens is 150 g/mol. The Labute approximate surface area is 71.0 Å². The van der Waals surface area contributed by atoms with E-state index in [1.54, 1.807) is 0 Å². The highest BCUT2D eigenvalue weighted by Crippen LogP contribution is 2.15. The number of hydrogen-bond donors (Lipinski definition) is 0. The molecule has 0 spiro atoms. The molecule has 0 aromatic carbocycles.